The molecule has 0 radical (unpaired) electrons. The first kappa shape index (κ1) is 17.4. The van der Waals surface area contributed by atoms with Gasteiger partial charge in [-0.25, -0.2) is 0 Å². The molecule has 0 saturated heterocycles. The summed E-state index contributed by atoms with van der Waals surface area (Å²) in [6.45, 7) is 13.5. The van der Waals surface area contributed by atoms with Crippen molar-refractivity contribution < 1.29 is 14.8 Å². The van der Waals surface area contributed by atoms with Gasteiger partial charge in [0.25, 0.3) is 0 Å². The third-order valence-electron chi connectivity index (χ3n) is 5.02. The van der Waals surface area contributed by atoms with Crippen LogP contribution in [0.4, 0.5) is 0 Å². The second-order valence-corrected chi connectivity index (χ2v) is 21.4. The molecule has 0 unspecified atom stereocenters. The van der Waals surface area contributed by atoms with E-state index in [9.17, 15) is 0 Å². The van der Waals surface area contributed by atoms with E-state index >= 15 is 0 Å². The molecule has 0 N–H and O–H groups in total. The Balaban J connectivity index is 4.56. The summed E-state index contributed by atoms with van der Waals surface area (Å²) in [7, 11) is 0. The fourth-order valence-corrected chi connectivity index (χ4v) is 21.6. The molecule has 0 saturated carbocycles. The third kappa shape index (κ3) is 8.14. The van der Waals surface area contributed by atoms with E-state index < -0.39 is 14.8 Å². The molecule has 0 heterocycles. The van der Waals surface area contributed by atoms with Crippen molar-refractivity contribution in [3.63, 3.8) is 0 Å². The van der Waals surface area contributed by atoms with Crippen LogP contribution in [-0.2, 0) is 14.8 Å². The van der Waals surface area contributed by atoms with Crippen molar-refractivity contribution in [3.05, 3.63) is 12.2 Å². The van der Waals surface area contributed by atoms with Crippen LogP contribution in [0.2, 0.25) is 20.1 Å². The quantitative estimate of drug-likeness (QED) is 0.290. The van der Waals surface area contributed by atoms with Crippen LogP contribution in [0, 0.1) is 0 Å². The molecule has 0 aliphatic heterocycles. The van der Waals surface area contributed by atoms with Gasteiger partial charge in [0, 0.05) is 0 Å². The van der Waals surface area contributed by atoms with Crippen molar-refractivity contribution in [1.82, 2.24) is 0 Å². The van der Waals surface area contributed by atoms with E-state index in [4.69, 9.17) is 0 Å². The Labute approximate surface area is 113 Å². The van der Waals surface area contributed by atoms with Gasteiger partial charge in [-0.05, 0) is 0 Å². The van der Waals surface area contributed by atoms with Crippen molar-refractivity contribution >= 4 is 0 Å². The Morgan fingerprint density at radius 1 is 0.824 bits per heavy atom. The third-order valence-corrected chi connectivity index (χ3v) is 21.6. The van der Waals surface area contributed by atoms with E-state index in [1.807, 2.05) is 0 Å². The van der Waals surface area contributed by atoms with Gasteiger partial charge < -0.3 is 0 Å². The van der Waals surface area contributed by atoms with Crippen LogP contribution in [0.3, 0.4) is 0 Å². The molecule has 0 aromatic rings. The van der Waals surface area contributed by atoms with Crippen molar-refractivity contribution in [2.45, 2.75) is 86.3 Å². The summed E-state index contributed by atoms with van der Waals surface area (Å²) in [5.74, 6) is 0. The van der Waals surface area contributed by atoms with E-state index in [1.165, 1.54) is 49.1 Å². The average molecular weight is 292 g/mol. The molecule has 100 valence electrons. The van der Waals surface area contributed by atoms with Crippen molar-refractivity contribution in [2.24, 2.45) is 0 Å². The zero-order chi connectivity index (χ0) is 13.1. The Kier molecular flexibility index (Phi) is 10.5. The molecule has 0 aromatic carbocycles. The van der Waals surface area contributed by atoms with Crippen LogP contribution in [0.25, 0.3) is 0 Å². The Bertz CT molecular complexity index is 174. The fraction of sp³-hybridized carbons (Fsp3) is 0.875. The van der Waals surface area contributed by atoms with Crippen LogP contribution in [0.15, 0.2) is 12.2 Å². The van der Waals surface area contributed by atoms with Gasteiger partial charge in [0.15, 0.2) is 0 Å². The molecular formula is C16H34Zn. The summed E-state index contributed by atoms with van der Waals surface area (Å²) in [6.07, 6.45) is 8.61. The first-order valence-electron chi connectivity index (χ1n) is 8.33. The molecule has 1 heteroatoms. The second kappa shape index (κ2) is 10.3. The van der Waals surface area contributed by atoms with E-state index in [0.717, 1.165) is 0 Å². The van der Waals surface area contributed by atoms with Crippen LogP contribution in [0.5, 0.6) is 0 Å². The molecular weight excluding hydrogens is 258 g/mol. The van der Waals surface area contributed by atoms with E-state index in [-0.39, 0.29) is 0 Å². The minimum atomic E-state index is -1.94. The molecule has 0 bridgehead atoms. The zero-order valence-electron chi connectivity index (χ0n) is 13.0. The molecule has 0 amide bonds. The van der Waals surface area contributed by atoms with Crippen molar-refractivity contribution in [1.29, 1.82) is 0 Å². The van der Waals surface area contributed by atoms with Gasteiger partial charge in [0.2, 0.25) is 0 Å². The van der Waals surface area contributed by atoms with Gasteiger partial charge in [0.05, 0.1) is 0 Å². The maximum atomic E-state index is 4.22. The Hall–Kier alpha value is 0.363. The van der Waals surface area contributed by atoms with E-state index in [2.05, 4.69) is 34.3 Å². The number of unbranched alkanes of at least 4 members (excludes halogenated alkanes) is 3. The van der Waals surface area contributed by atoms with Crippen molar-refractivity contribution in [2.75, 3.05) is 0 Å². The minimum absolute atomic E-state index is 1.38. The number of allylic oxidation sites excluding steroid dienone is 1. The first-order chi connectivity index (χ1) is 8.10. The van der Waals surface area contributed by atoms with E-state index in [1.54, 1.807) is 15.0 Å². The second-order valence-electron chi connectivity index (χ2n) is 6.95. The predicted molar refractivity (Wildman–Crippen MR) is 78.8 cm³/mol. The SMILES string of the molecule is C=C(C)[CH2][Zn]([CH2]CCC)([CH2]CCC)[CH2]CCC. The van der Waals surface area contributed by atoms with Gasteiger partial charge in [-0.1, -0.05) is 0 Å². The summed E-state index contributed by atoms with van der Waals surface area (Å²) in [6, 6.07) is 0. The fourth-order valence-electron chi connectivity index (χ4n) is 4.15. The summed E-state index contributed by atoms with van der Waals surface area (Å²) >= 11 is -1.94. The van der Waals surface area contributed by atoms with Gasteiger partial charge in [0.1, 0.15) is 0 Å². The van der Waals surface area contributed by atoms with Gasteiger partial charge in [-0.3, -0.25) is 0 Å². The maximum absolute atomic E-state index is 4.22. The summed E-state index contributed by atoms with van der Waals surface area (Å²) in [4.78, 5) is 0. The van der Waals surface area contributed by atoms with Crippen LogP contribution in [0.1, 0.15) is 66.2 Å². The normalized spacial score (nSPS) is 10.8. The molecule has 0 spiro atoms. The Morgan fingerprint density at radius 2 is 1.18 bits per heavy atom. The zero-order valence-corrected chi connectivity index (χ0v) is 16.0. The Morgan fingerprint density at radius 3 is 1.41 bits per heavy atom. The summed E-state index contributed by atoms with van der Waals surface area (Å²) < 4.78 is 0. The molecule has 0 rings (SSSR count). The van der Waals surface area contributed by atoms with Gasteiger partial charge in [-0.2, -0.15) is 0 Å². The van der Waals surface area contributed by atoms with Crippen LogP contribution in [-0.4, -0.2) is 0 Å². The number of rotatable bonds is 11. The van der Waals surface area contributed by atoms with Crippen LogP contribution >= 0.6 is 0 Å². The summed E-state index contributed by atoms with van der Waals surface area (Å²) in [5, 5.41) is 6.37. The van der Waals surface area contributed by atoms with Gasteiger partial charge in [-0.15, -0.1) is 0 Å². The molecule has 0 atom stereocenters. The average Bonchev–Trinajstić information content (AvgIpc) is 2.30. The van der Waals surface area contributed by atoms with Crippen molar-refractivity contribution in [3.8, 4) is 0 Å². The topological polar surface area (TPSA) is 0 Å². The monoisotopic (exact) mass is 290 g/mol. The predicted octanol–water partition coefficient (Wildman–Crippen LogP) is 6.79. The molecule has 0 aliphatic carbocycles. The number of hydrogen-bond donors (Lipinski definition) is 0. The first-order valence-corrected chi connectivity index (χ1v) is 16.7. The van der Waals surface area contributed by atoms with E-state index in [0.29, 0.717) is 0 Å². The molecule has 0 aliphatic rings. The molecule has 0 aromatic heterocycles. The molecule has 17 heavy (non-hydrogen) atoms. The van der Waals surface area contributed by atoms with Crippen LogP contribution < -0.4 is 0 Å². The standard InChI is InChI=1S/C4H7.3C4H9.Zn/c1-4(2)3;3*1-3-4-2;/h1-2H2,3H3;3*1,3-4H2,2H3;. The molecule has 0 nitrogen and oxygen atoms in total. The summed E-state index contributed by atoms with van der Waals surface area (Å²) in [5.41, 5.74) is 1.48. The van der Waals surface area contributed by atoms with Gasteiger partial charge >= 0.3 is 113 Å². The molecule has 0 fully saturated rings. The number of hydrogen-bond acceptors (Lipinski definition) is 0.